The van der Waals surface area contributed by atoms with Gasteiger partial charge in [-0.3, -0.25) is 0 Å². The number of para-hydroxylation sites is 1. The second-order valence-electron chi connectivity index (χ2n) is 8.68. The summed E-state index contributed by atoms with van der Waals surface area (Å²) in [7, 11) is 0. The molecule has 2 aromatic carbocycles. The Morgan fingerprint density at radius 1 is 1.23 bits per heavy atom. The van der Waals surface area contributed by atoms with Crippen LogP contribution in [-0.2, 0) is 11.2 Å². The van der Waals surface area contributed by atoms with Gasteiger partial charge in [0.05, 0.1) is 5.56 Å². The summed E-state index contributed by atoms with van der Waals surface area (Å²) in [6, 6.07) is 7.91. The highest BCUT2D eigenvalue weighted by Crippen LogP contribution is 2.45. The number of benzene rings is 2. The van der Waals surface area contributed by atoms with E-state index in [1.165, 1.54) is 0 Å². The molecule has 2 heterocycles. The number of nitrogens with one attached hydrogen (secondary N) is 1. The average Bonchev–Trinajstić information content (AvgIpc) is 3.13. The van der Waals surface area contributed by atoms with Crippen LogP contribution in [0, 0.1) is 11.6 Å². The van der Waals surface area contributed by atoms with Gasteiger partial charge in [0.1, 0.15) is 17.7 Å². The molecule has 0 aliphatic carbocycles. The highest BCUT2D eigenvalue weighted by molar-refractivity contribution is 5.86. The van der Waals surface area contributed by atoms with E-state index in [-0.39, 0.29) is 16.8 Å². The molecule has 35 heavy (non-hydrogen) atoms. The number of aliphatic carboxylic acids is 1. The number of hydrogen-bond donors (Lipinski definition) is 2. The molecule has 0 unspecified atom stereocenters. The average molecular weight is 490 g/mol. The lowest BCUT2D eigenvalue weighted by Gasteiger charge is -2.44. The van der Waals surface area contributed by atoms with Crippen LogP contribution < -0.4 is 0 Å². The number of carbonyl (C=O) groups is 1. The number of aromatic amines is 1. The highest BCUT2D eigenvalue weighted by atomic mass is 19.4. The summed E-state index contributed by atoms with van der Waals surface area (Å²) in [6.07, 6.45) is -3.65. The molecule has 2 N–H and O–H groups in total. The number of nitrogens with zero attached hydrogens (tertiary/aromatic N) is 1. The molecule has 1 aromatic heterocycles. The Morgan fingerprint density at radius 3 is 2.51 bits per heavy atom. The van der Waals surface area contributed by atoms with Crippen molar-refractivity contribution in [2.45, 2.75) is 44.4 Å². The molecule has 4 nitrogen and oxygen atoms in total. The topological polar surface area (TPSA) is 56.3 Å². The maximum absolute atomic E-state index is 15.4. The van der Waals surface area contributed by atoms with Crippen LogP contribution in [0.4, 0.5) is 22.0 Å². The van der Waals surface area contributed by atoms with Gasteiger partial charge in [-0.25, -0.2) is 13.6 Å². The number of carboxylic acids is 1. The van der Waals surface area contributed by atoms with Gasteiger partial charge in [-0.2, -0.15) is 13.2 Å². The minimum Gasteiger partial charge on any atom is -0.478 e. The van der Waals surface area contributed by atoms with Crippen LogP contribution in [0.5, 0.6) is 0 Å². The van der Waals surface area contributed by atoms with Gasteiger partial charge in [-0.1, -0.05) is 24.8 Å². The SMILES string of the molecule is C=C(CCC(F)(F)F)N1[C@H](c2c(F)cc(/C=C/C(=O)O)cc2F)c2[nH]c3ccccc3c2C[C@H]1C. The minimum atomic E-state index is -4.40. The predicted octanol–water partition coefficient (Wildman–Crippen LogP) is 6.74. The van der Waals surface area contributed by atoms with Gasteiger partial charge in [-0.05, 0) is 55.2 Å². The molecule has 1 aliphatic heterocycles. The fourth-order valence-corrected chi connectivity index (χ4v) is 4.78. The normalized spacial score (nSPS) is 18.3. The lowest BCUT2D eigenvalue weighted by Crippen LogP contribution is -2.42. The van der Waals surface area contributed by atoms with E-state index < -0.39 is 48.7 Å². The maximum Gasteiger partial charge on any atom is 0.389 e. The fraction of sp³-hybridized carbons (Fsp3) is 0.269. The van der Waals surface area contributed by atoms with Gasteiger partial charge in [-0.15, -0.1) is 0 Å². The summed E-state index contributed by atoms with van der Waals surface area (Å²) in [5, 5.41) is 9.68. The van der Waals surface area contributed by atoms with E-state index in [1.54, 1.807) is 11.8 Å². The largest absolute Gasteiger partial charge is 0.478 e. The lowest BCUT2D eigenvalue weighted by atomic mass is 9.87. The zero-order valence-electron chi connectivity index (χ0n) is 18.8. The molecule has 0 radical (unpaired) electrons. The summed E-state index contributed by atoms with van der Waals surface area (Å²) in [6.45, 7) is 5.64. The van der Waals surface area contributed by atoms with E-state index in [1.807, 2.05) is 24.3 Å². The van der Waals surface area contributed by atoms with E-state index in [4.69, 9.17) is 5.11 Å². The number of aromatic nitrogens is 1. The Bertz CT molecular complexity index is 1300. The molecule has 0 amide bonds. The van der Waals surface area contributed by atoms with Gasteiger partial charge >= 0.3 is 12.1 Å². The van der Waals surface area contributed by atoms with Crippen LogP contribution in [0.3, 0.4) is 0 Å². The Morgan fingerprint density at radius 2 is 1.89 bits per heavy atom. The number of H-pyrrole nitrogens is 1. The molecular formula is C26H23F5N2O2. The van der Waals surface area contributed by atoms with Gasteiger partial charge in [0.2, 0.25) is 0 Å². The number of alkyl halides is 3. The van der Waals surface area contributed by atoms with Crippen molar-refractivity contribution in [3.63, 3.8) is 0 Å². The third-order valence-corrected chi connectivity index (χ3v) is 6.23. The number of carboxylic acid groups (broad SMARTS) is 1. The quantitative estimate of drug-likeness (QED) is 0.297. The van der Waals surface area contributed by atoms with E-state index >= 15 is 8.78 Å². The first-order valence-corrected chi connectivity index (χ1v) is 11.0. The first-order chi connectivity index (χ1) is 16.5. The summed E-state index contributed by atoms with van der Waals surface area (Å²) in [4.78, 5) is 15.6. The summed E-state index contributed by atoms with van der Waals surface area (Å²) in [5.74, 6) is -3.15. The molecule has 184 valence electrons. The van der Waals surface area contributed by atoms with Crippen molar-refractivity contribution in [2.24, 2.45) is 0 Å². The maximum atomic E-state index is 15.4. The molecule has 0 spiro atoms. The standard InChI is InChI=1S/C26H23F5N2O2/c1-14(9-10-26(29,30)31)33-15(2)11-18-17-5-3-4-6-21(17)32-24(18)25(33)23-19(27)12-16(13-20(23)28)7-8-22(34)35/h3-8,12-13,15,25,32H,1,9-11H2,2H3,(H,34,35)/b8-7+/t15-,25-/m1/s1. The molecular weight excluding hydrogens is 467 g/mol. The first-order valence-electron chi connectivity index (χ1n) is 11.0. The predicted molar refractivity (Wildman–Crippen MR) is 123 cm³/mol. The summed E-state index contributed by atoms with van der Waals surface area (Å²) >= 11 is 0. The Hall–Kier alpha value is -3.62. The van der Waals surface area contributed by atoms with Crippen LogP contribution in [0.2, 0.25) is 0 Å². The fourth-order valence-electron chi connectivity index (χ4n) is 4.78. The zero-order chi connectivity index (χ0) is 25.5. The third-order valence-electron chi connectivity index (χ3n) is 6.23. The minimum absolute atomic E-state index is 0.00864. The van der Waals surface area contributed by atoms with Crippen LogP contribution in [0.15, 0.2) is 54.8 Å². The number of allylic oxidation sites excluding steroid dienone is 1. The highest BCUT2D eigenvalue weighted by Gasteiger charge is 2.40. The molecule has 9 heteroatoms. The smallest absolute Gasteiger partial charge is 0.389 e. The van der Waals surface area contributed by atoms with E-state index in [2.05, 4.69) is 11.6 Å². The monoisotopic (exact) mass is 490 g/mol. The number of hydrogen-bond acceptors (Lipinski definition) is 2. The Labute approximate surface area is 198 Å². The van der Waals surface area contributed by atoms with Crippen molar-refractivity contribution in [3.05, 3.63) is 88.8 Å². The zero-order valence-corrected chi connectivity index (χ0v) is 18.8. The number of halogens is 5. The number of rotatable bonds is 6. The van der Waals surface area contributed by atoms with Crippen molar-refractivity contribution in [3.8, 4) is 0 Å². The van der Waals surface area contributed by atoms with Gasteiger partial charge < -0.3 is 15.0 Å². The molecule has 4 rings (SSSR count). The van der Waals surface area contributed by atoms with Crippen LogP contribution in [0.25, 0.3) is 17.0 Å². The molecule has 0 fully saturated rings. The molecule has 0 bridgehead atoms. The molecule has 2 atom stereocenters. The molecule has 3 aromatic rings. The third kappa shape index (κ3) is 4.94. The second kappa shape index (κ2) is 9.20. The number of fused-ring (bicyclic) bond motifs is 3. The van der Waals surface area contributed by atoms with Crippen LogP contribution >= 0.6 is 0 Å². The van der Waals surface area contributed by atoms with Crippen molar-refractivity contribution < 1.29 is 31.9 Å². The Kier molecular flexibility index (Phi) is 6.44. The van der Waals surface area contributed by atoms with Crippen molar-refractivity contribution >= 4 is 22.9 Å². The van der Waals surface area contributed by atoms with Crippen LogP contribution in [0.1, 0.15) is 48.2 Å². The molecule has 0 saturated heterocycles. The van der Waals surface area contributed by atoms with E-state index in [0.717, 1.165) is 40.8 Å². The van der Waals surface area contributed by atoms with E-state index in [9.17, 15) is 18.0 Å². The van der Waals surface area contributed by atoms with Crippen molar-refractivity contribution in [2.75, 3.05) is 0 Å². The molecule has 0 saturated carbocycles. The summed E-state index contributed by atoms with van der Waals surface area (Å²) in [5.41, 5.74) is 1.87. The Balaban J connectivity index is 1.87. The first kappa shape index (κ1) is 24.5. The van der Waals surface area contributed by atoms with Gasteiger partial charge in [0, 0.05) is 40.8 Å². The second-order valence-corrected chi connectivity index (χ2v) is 8.68. The van der Waals surface area contributed by atoms with Crippen LogP contribution in [-0.4, -0.2) is 33.2 Å². The van der Waals surface area contributed by atoms with Crippen molar-refractivity contribution in [1.82, 2.24) is 9.88 Å². The van der Waals surface area contributed by atoms with Crippen molar-refractivity contribution in [1.29, 1.82) is 0 Å². The molecule has 1 aliphatic rings. The van der Waals surface area contributed by atoms with Gasteiger partial charge in [0.25, 0.3) is 0 Å². The summed E-state index contributed by atoms with van der Waals surface area (Å²) < 4.78 is 69.7. The lowest BCUT2D eigenvalue weighted by molar-refractivity contribution is -0.135. The van der Waals surface area contributed by atoms with E-state index in [0.29, 0.717) is 12.1 Å². The van der Waals surface area contributed by atoms with Gasteiger partial charge in [0.15, 0.2) is 0 Å².